The topological polar surface area (TPSA) is 69.5 Å². The fourth-order valence-corrected chi connectivity index (χ4v) is 3.34. The molecule has 1 saturated heterocycles. The van der Waals surface area contributed by atoms with Gasteiger partial charge in [-0.25, -0.2) is 4.98 Å². The first-order valence-corrected chi connectivity index (χ1v) is 9.69. The number of amides is 1. The standard InChI is InChI=1S/C21H23ClN4O2/c1-15(2)20(28-17-7-4-3-6-16(17)14-23)21(27)26-12-10-25(11-13-26)19-9-5-8-18(22)24-19/h3-9,15,20H,10-13H2,1-2H3. The molecule has 3 rings (SSSR count). The SMILES string of the molecule is CC(C)C(Oc1ccccc1C#N)C(=O)N1CCN(c2cccc(Cl)n2)CC1. The highest BCUT2D eigenvalue weighted by Crippen LogP contribution is 2.23. The van der Waals surface area contributed by atoms with Crippen LogP contribution in [0.5, 0.6) is 5.75 Å². The number of hydrogen-bond acceptors (Lipinski definition) is 5. The predicted octanol–water partition coefficient (Wildman–Crippen LogP) is 3.36. The van der Waals surface area contributed by atoms with Crippen molar-refractivity contribution in [1.82, 2.24) is 9.88 Å². The number of carbonyl (C=O) groups excluding carboxylic acids is 1. The number of hydrogen-bond donors (Lipinski definition) is 0. The van der Waals surface area contributed by atoms with Gasteiger partial charge in [-0.1, -0.05) is 43.6 Å². The lowest BCUT2D eigenvalue weighted by molar-refractivity contribution is -0.141. The summed E-state index contributed by atoms with van der Waals surface area (Å²) >= 11 is 5.98. The first kappa shape index (κ1) is 20.0. The van der Waals surface area contributed by atoms with Gasteiger partial charge in [0, 0.05) is 26.2 Å². The molecule has 0 saturated carbocycles. The van der Waals surface area contributed by atoms with Gasteiger partial charge >= 0.3 is 0 Å². The molecule has 2 aromatic rings. The Morgan fingerprint density at radius 1 is 1.14 bits per heavy atom. The molecule has 146 valence electrons. The molecular formula is C21H23ClN4O2. The van der Waals surface area contributed by atoms with Crippen LogP contribution in [0.3, 0.4) is 0 Å². The van der Waals surface area contributed by atoms with Crippen molar-refractivity contribution in [3.05, 3.63) is 53.2 Å². The summed E-state index contributed by atoms with van der Waals surface area (Å²) in [6.45, 7) is 6.42. The van der Waals surface area contributed by atoms with Crippen molar-refractivity contribution in [2.24, 2.45) is 5.92 Å². The van der Waals surface area contributed by atoms with E-state index in [0.717, 1.165) is 5.82 Å². The zero-order valence-corrected chi connectivity index (χ0v) is 16.8. The predicted molar refractivity (Wildman–Crippen MR) is 108 cm³/mol. The van der Waals surface area contributed by atoms with E-state index in [0.29, 0.717) is 42.6 Å². The van der Waals surface area contributed by atoms with E-state index < -0.39 is 6.10 Å². The van der Waals surface area contributed by atoms with E-state index in [9.17, 15) is 10.1 Å². The summed E-state index contributed by atoms with van der Waals surface area (Å²) in [5, 5.41) is 9.73. The number of para-hydroxylation sites is 1. The average molecular weight is 399 g/mol. The molecule has 0 spiro atoms. The van der Waals surface area contributed by atoms with Gasteiger partial charge in [-0.3, -0.25) is 4.79 Å². The first-order chi connectivity index (χ1) is 13.5. The molecule has 1 fully saturated rings. The van der Waals surface area contributed by atoms with Crippen molar-refractivity contribution in [1.29, 1.82) is 5.26 Å². The lowest BCUT2D eigenvalue weighted by Crippen LogP contribution is -2.53. The van der Waals surface area contributed by atoms with E-state index in [2.05, 4.69) is 16.0 Å². The number of carbonyl (C=O) groups is 1. The molecule has 0 radical (unpaired) electrons. The number of pyridine rings is 1. The smallest absolute Gasteiger partial charge is 0.264 e. The van der Waals surface area contributed by atoms with Crippen LogP contribution in [0.4, 0.5) is 5.82 Å². The number of nitriles is 1. The van der Waals surface area contributed by atoms with Crippen molar-refractivity contribution in [2.45, 2.75) is 20.0 Å². The molecule has 28 heavy (non-hydrogen) atoms. The third-order valence-electron chi connectivity index (χ3n) is 4.73. The Morgan fingerprint density at radius 2 is 1.86 bits per heavy atom. The van der Waals surface area contributed by atoms with Crippen LogP contribution in [0.2, 0.25) is 5.15 Å². The minimum Gasteiger partial charge on any atom is -0.479 e. The van der Waals surface area contributed by atoms with Crippen LogP contribution in [0, 0.1) is 17.2 Å². The number of ether oxygens (including phenoxy) is 1. The molecule has 1 unspecified atom stereocenters. The van der Waals surface area contributed by atoms with Crippen LogP contribution < -0.4 is 9.64 Å². The Bertz CT molecular complexity index is 873. The van der Waals surface area contributed by atoms with E-state index in [4.69, 9.17) is 16.3 Å². The molecule has 2 heterocycles. The second-order valence-corrected chi connectivity index (χ2v) is 7.41. The van der Waals surface area contributed by atoms with E-state index >= 15 is 0 Å². The van der Waals surface area contributed by atoms with Crippen molar-refractivity contribution in [2.75, 3.05) is 31.1 Å². The third kappa shape index (κ3) is 4.55. The molecule has 6 nitrogen and oxygen atoms in total. The lowest BCUT2D eigenvalue weighted by Gasteiger charge is -2.37. The number of aromatic nitrogens is 1. The number of nitrogens with zero attached hydrogens (tertiary/aromatic N) is 4. The van der Waals surface area contributed by atoms with E-state index in [1.54, 1.807) is 30.3 Å². The van der Waals surface area contributed by atoms with Crippen molar-refractivity contribution >= 4 is 23.3 Å². The van der Waals surface area contributed by atoms with Gasteiger partial charge in [0.2, 0.25) is 0 Å². The highest BCUT2D eigenvalue weighted by molar-refractivity contribution is 6.29. The summed E-state index contributed by atoms with van der Waals surface area (Å²) in [6.07, 6.45) is -0.634. The van der Waals surface area contributed by atoms with Crippen LogP contribution >= 0.6 is 11.6 Å². The first-order valence-electron chi connectivity index (χ1n) is 9.31. The fourth-order valence-electron chi connectivity index (χ4n) is 3.18. The molecule has 7 heteroatoms. The van der Waals surface area contributed by atoms with Gasteiger partial charge in [-0.2, -0.15) is 5.26 Å². The molecule has 1 aliphatic rings. The number of halogens is 1. The summed E-state index contributed by atoms with van der Waals surface area (Å²) in [4.78, 5) is 21.4. The quantitative estimate of drug-likeness (QED) is 0.722. The van der Waals surface area contributed by atoms with E-state index in [1.807, 2.05) is 30.9 Å². The molecule has 1 amide bonds. The van der Waals surface area contributed by atoms with Gasteiger partial charge in [-0.15, -0.1) is 0 Å². The highest BCUT2D eigenvalue weighted by Gasteiger charge is 2.32. The van der Waals surface area contributed by atoms with Gasteiger partial charge in [0.05, 0.1) is 5.56 Å². The van der Waals surface area contributed by atoms with Gasteiger partial charge in [-0.05, 0) is 30.2 Å². The van der Waals surface area contributed by atoms with E-state index in [-0.39, 0.29) is 11.8 Å². The summed E-state index contributed by atoms with van der Waals surface area (Å²) in [6, 6.07) is 14.6. The average Bonchev–Trinajstić information content (AvgIpc) is 2.71. The van der Waals surface area contributed by atoms with Gasteiger partial charge in [0.25, 0.3) is 5.91 Å². The molecule has 0 bridgehead atoms. The van der Waals surface area contributed by atoms with Crippen molar-refractivity contribution < 1.29 is 9.53 Å². The lowest BCUT2D eigenvalue weighted by atomic mass is 10.0. The molecule has 0 aliphatic carbocycles. The maximum Gasteiger partial charge on any atom is 0.264 e. The summed E-state index contributed by atoms with van der Waals surface area (Å²) in [5.41, 5.74) is 0.429. The van der Waals surface area contributed by atoms with Gasteiger partial charge in [0.1, 0.15) is 22.8 Å². The Hall–Kier alpha value is -2.78. The Kier molecular flexibility index (Phi) is 6.37. The number of rotatable bonds is 5. The van der Waals surface area contributed by atoms with Crippen molar-refractivity contribution in [3.8, 4) is 11.8 Å². The Labute approximate surface area is 170 Å². The van der Waals surface area contributed by atoms with E-state index in [1.165, 1.54) is 0 Å². The van der Waals surface area contributed by atoms with Crippen LogP contribution in [-0.4, -0.2) is 48.1 Å². The molecule has 1 atom stereocenters. The summed E-state index contributed by atoms with van der Waals surface area (Å²) < 4.78 is 5.98. The minimum atomic E-state index is -0.634. The van der Waals surface area contributed by atoms with Crippen molar-refractivity contribution in [3.63, 3.8) is 0 Å². The zero-order chi connectivity index (χ0) is 20.1. The number of anilines is 1. The van der Waals surface area contributed by atoms with Crippen LogP contribution in [0.15, 0.2) is 42.5 Å². The summed E-state index contributed by atoms with van der Waals surface area (Å²) in [5.74, 6) is 1.19. The molecule has 1 aromatic heterocycles. The monoisotopic (exact) mass is 398 g/mol. The number of piperazine rings is 1. The molecular weight excluding hydrogens is 376 g/mol. The largest absolute Gasteiger partial charge is 0.479 e. The maximum absolute atomic E-state index is 13.1. The highest BCUT2D eigenvalue weighted by atomic mass is 35.5. The Morgan fingerprint density at radius 3 is 2.50 bits per heavy atom. The second kappa shape index (κ2) is 8.94. The second-order valence-electron chi connectivity index (χ2n) is 7.02. The summed E-state index contributed by atoms with van der Waals surface area (Å²) in [7, 11) is 0. The molecule has 0 N–H and O–H groups in total. The zero-order valence-electron chi connectivity index (χ0n) is 16.0. The Balaban J connectivity index is 1.67. The van der Waals surface area contributed by atoms with Gasteiger partial charge in [0.15, 0.2) is 6.10 Å². The maximum atomic E-state index is 13.1. The molecule has 1 aliphatic heterocycles. The normalized spacial score (nSPS) is 15.2. The third-order valence-corrected chi connectivity index (χ3v) is 4.94. The van der Waals surface area contributed by atoms with Crippen LogP contribution in [-0.2, 0) is 4.79 Å². The molecule has 1 aromatic carbocycles. The minimum absolute atomic E-state index is 0.0214. The van der Waals surface area contributed by atoms with Gasteiger partial charge < -0.3 is 14.5 Å². The number of benzene rings is 1. The van der Waals surface area contributed by atoms with Crippen LogP contribution in [0.1, 0.15) is 19.4 Å². The fraction of sp³-hybridized carbons (Fsp3) is 0.381. The van der Waals surface area contributed by atoms with Crippen LogP contribution in [0.25, 0.3) is 0 Å².